The van der Waals surface area contributed by atoms with Gasteiger partial charge in [0, 0.05) is 5.56 Å². The van der Waals surface area contributed by atoms with Crippen LogP contribution in [0.2, 0.25) is 0 Å². The van der Waals surface area contributed by atoms with Gasteiger partial charge in [-0.2, -0.15) is 0 Å². The number of aromatic nitrogens is 4. The number of tetrazole rings is 1. The van der Waals surface area contributed by atoms with E-state index in [-0.39, 0.29) is 12.8 Å². The summed E-state index contributed by atoms with van der Waals surface area (Å²) >= 11 is 0. The van der Waals surface area contributed by atoms with E-state index in [1.807, 2.05) is 16.8 Å². The number of hydrogen-bond donors (Lipinski definition) is 2. The third-order valence-electron chi connectivity index (χ3n) is 6.51. The molecule has 2 aliphatic heterocycles. The van der Waals surface area contributed by atoms with Crippen LogP contribution in [0.1, 0.15) is 35.5 Å². The molecule has 0 radical (unpaired) electrons. The van der Waals surface area contributed by atoms with Crippen molar-refractivity contribution in [2.45, 2.75) is 26.4 Å². The minimum absolute atomic E-state index is 0.114. The van der Waals surface area contributed by atoms with E-state index in [0.717, 1.165) is 36.0 Å². The Labute approximate surface area is 182 Å². The van der Waals surface area contributed by atoms with E-state index in [2.05, 4.69) is 59.7 Å². The number of likely N-dealkylation sites (N-methyl/N-ethyl adjacent to an activating group) is 1. The van der Waals surface area contributed by atoms with E-state index in [0.29, 0.717) is 6.54 Å². The second-order valence-electron chi connectivity index (χ2n) is 8.49. The molecule has 2 aromatic carbocycles. The minimum atomic E-state index is 0.114. The Bertz CT molecular complexity index is 1030. The summed E-state index contributed by atoms with van der Waals surface area (Å²) in [7, 11) is 0. The fourth-order valence-electron chi connectivity index (χ4n) is 4.64. The van der Waals surface area contributed by atoms with Crippen molar-refractivity contribution < 1.29 is 19.3 Å². The van der Waals surface area contributed by atoms with Gasteiger partial charge in [-0.3, -0.25) is 0 Å². The van der Waals surface area contributed by atoms with Crippen molar-refractivity contribution in [3.63, 3.8) is 0 Å². The van der Waals surface area contributed by atoms with Crippen LogP contribution in [0.3, 0.4) is 0 Å². The van der Waals surface area contributed by atoms with Gasteiger partial charge in [0.15, 0.2) is 17.5 Å². The van der Waals surface area contributed by atoms with Gasteiger partial charge < -0.3 is 19.3 Å². The average molecular weight is 423 g/mol. The zero-order valence-electron chi connectivity index (χ0n) is 18.2. The van der Waals surface area contributed by atoms with Gasteiger partial charge in [-0.15, -0.1) is 5.10 Å². The monoisotopic (exact) mass is 422 g/mol. The number of quaternary nitrogens is 2. The van der Waals surface area contributed by atoms with Crippen molar-refractivity contribution in [3.8, 4) is 11.5 Å². The molecule has 2 N–H and O–H groups in total. The summed E-state index contributed by atoms with van der Waals surface area (Å²) in [5.74, 6) is 2.49. The summed E-state index contributed by atoms with van der Waals surface area (Å²) < 4.78 is 12.9. The SMILES string of the molecule is CC[NH+]1CC[NH+]([C@@H](c2ccc(C)cc2)c2nnnn2Cc2ccc3c(c2)OCO3)CC1. The molecule has 1 atom stereocenters. The Balaban J connectivity index is 1.46. The molecule has 0 saturated carbocycles. The van der Waals surface area contributed by atoms with Crippen LogP contribution < -0.4 is 19.3 Å². The summed E-state index contributed by atoms with van der Waals surface area (Å²) in [6.45, 7) is 11.0. The maximum absolute atomic E-state index is 5.54. The van der Waals surface area contributed by atoms with Gasteiger partial charge in [-0.25, -0.2) is 4.68 Å². The Hall–Kier alpha value is -2.97. The van der Waals surface area contributed by atoms with E-state index in [1.165, 1.54) is 35.7 Å². The molecule has 8 nitrogen and oxygen atoms in total. The molecule has 1 fully saturated rings. The second kappa shape index (κ2) is 8.64. The zero-order valence-corrected chi connectivity index (χ0v) is 18.2. The van der Waals surface area contributed by atoms with E-state index in [1.54, 1.807) is 4.90 Å². The van der Waals surface area contributed by atoms with Gasteiger partial charge in [0.2, 0.25) is 12.6 Å². The van der Waals surface area contributed by atoms with Gasteiger partial charge in [-0.05, 0) is 42.0 Å². The largest absolute Gasteiger partial charge is 0.454 e. The number of ether oxygens (including phenoxy) is 2. The first-order chi connectivity index (χ1) is 15.2. The normalized spacial score (nSPS) is 21.2. The van der Waals surface area contributed by atoms with Crippen LogP contribution >= 0.6 is 0 Å². The highest BCUT2D eigenvalue weighted by Gasteiger charge is 2.35. The maximum atomic E-state index is 5.54. The molecule has 0 spiro atoms. The molecule has 0 aliphatic carbocycles. The lowest BCUT2D eigenvalue weighted by atomic mass is 10.0. The van der Waals surface area contributed by atoms with E-state index < -0.39 is 0 Å². The number of fused-ring (bicyclic) bond motifs is 1. The fraction of sp³-hybridized carbons (Fsp3) is 0.435. The first-order valence-electron chi connectivity index (χ1n) is 11.1. The molecule has 2 aliphatic rings. The molecule has 0 bridgehead atoms. The van der Waals surface area contributed by atoms with E-state index in [9.17, 15) is 0 Å². The zero-order chi connectivity index (χ0) is 21.2. The predicted octanol–water partition coefficient (Wildman–Crippen LogP) is -0.349. The highest BCUT2D eigenvalue weighted by Crippen LogP contribution is 2.32. The summed E-state index contributed by atoms with van der Waals surface area (Å²) in [6, 6.07) is 15.0. The Morgan fingerprint density at radius 2 is 1.77 bits per heavy atom. The number of nitrogens with one attached hydrogen (secondary N) is 2. The molecule has 8 heteroatoms. The molecule has 3 heterocycles. The molecule has 0 amide bonds. The molecule has 31 heavy (non-hydrogen) atoms. The number of rotatable bonds is 6. The number of piperazine rings is 1. The highest BCUT2D eigenvalue weighted by atomic mass is 16.7. The van der Waals surface area contributed by atoms with Gasteiger partial charge >= 0.3 is 0 Å². The van der Waals surface area contributed by atoms with Crippen LogP contribution in [0.4, 0.5) is 0 Å². The molecule has 1 saturated heterocycles. The van der Waals surface area contributed by atoms with Crippen LogP contribution in [0.25, 0.3) is 0 Å². The fourth-order valence-corrected chi connectivity index (χ4v) is 4.64. The third kappa shape index (κ3) is 4.13. The average Bonchev–Trinajstić information content (AvgIpc) is 3.45. The topological polar surface area (TPSA) is 70.9 Å². The molecular weight excluding hydrogens is 392 g/mol. The third-order valence-corrected chi connectivity index (χ3v) is 6.51. The van der Waals surface area contributed by atoms with Crippen molar-refractivity contribution >= 4 is 0 Å². The summed E-state index contributed by atoms with van der Waals surface area (Å²) in [6.07, 6.45) is 0. The van der Waals surface area contributed by atoms with E-state index in [4.69, 9.17) is 9.47 Å². The molecule has 0 unspecified atom stereocenters. The summed E-state index contributed by atoms with van der Waals surface area (Å²) in [5.41, 5.74) is 3.62. The lowest BCUT2D eigenvalue weighted by Crippen LogP contribution is -3.28. The maximum Gasteiger partial charge on any atom is 0.231 e. The lowest BCUT2D eigenvalue weighted by molar-refractivity contribution is -1.02. The van der Waals surface area contributed by atoms with Crippen molar-refractivity contribution in [1.82, 2.24) is 20.2 Å². The molecule has 3 aromatic rings. The van der Waals surface area contributed by atoms with Crippen molar-refractivity contribution in [3.05, 3.63) is 65.0 Å². The van der Waals surface area contributed by atoms with Crippen molar-refractivity contribution in [2.24, 2.45) is 0 Å². The van der Waals surface area contributed by atoms with E-state index >= 15 is 0 Å². The van der Waals surface area contributed by atoms with Gasteiger partial charge in [0.1, 0.15) is 26.2 Å². The van der Waals surface area contributed by atoms with Crippen molar-refractivity contribution in [1.29, 1.82) is 0 Å². The van der Waals surface area contributed by atoms with Crippen molar-refractivity contribution in [2.75, 3.05) is 39.5 Å². The smallest absolute Gasteiger partial charge is 0.231 e. The number of benzene rings is 2. The van der Waals surface area contributed by atoms with Crippen LogP contribution in [0, 0.1) is 6.92 Å². The quantitative estimate of drug-likeness (QED) is 0.568. The number of nitrogens with zero attached hydrogens (tertiary/aromatic N) is 4. The van der Waals surface area contributed by atoms with Crippen LogP contribution in [-0.2, 0) is 6.54 Å². The molecule has 162 valence electrons. The summed E-state index contributed by atoms with van der Waals surface area (Å²) in [5, 5.41) is 12.9. The lowest BCUT2D eigenvalue weighted by Gasteiger charge is -2.33. The van der Waals surface area contributed by atoms with Gasteiger partial charge in [-0.1, -0.05) is 35.9 Å². The second-order valence-corrected chi connectivity index (χ2v) is 8.49. The predicted molar refractivity (Wildman–Crippen MR) is 114 cm³/mol. The number of hydrogen-bond acceptors (Lipinski definition) is 5. The Morgan fingerprint density at radius 3 is 2.55 bits per heavy atom. The standard InChI is InChI=1S/C23H28N6O2/c1-3-27-10-12-28(13-11-27)22(19-7-4-17(2)5-8-19)23-24-25-26-29(23)15-18-6-9-20-21(14-18)31-16-30-20/h4-9,14,22H,3,10-13,15-16H2,1-2H3/p+2/t22-/m0/s1. The van der Waals surface area contributed by atoms with Crippen LogP contribution in [0.5, 0.6) is 11.5 Å². The van der Waals surface area contributed by atoms with Crippen LogP contribution in [-0.4, -0.2) is 59.7 Å². The van der Waals surface area contributed by atoms with Gasteiger partial charge in [0.25, 0.3) is 0 Å². The number of aryl methyl sites for hydroxylation is 1. The van der Waals surface area contributed by atoms with Gasteiger partial charge in [0.05, 0.1) is 13.1 Å². The minimum Gasteiger partial charge on any atom is -0.454 e. The Kier molecular flexibility index (Phi) is 5.57. The summed E-state index contributed by atoms with van der Waals surface area (Å²) in [4.78, 5) is 3.20. The molecule has 1 aromatic heterocycles. The first-order valence-corrected chi connectivity index (χ1v) is 11.1. The first kappa shape index (κ1) is 20.0. The van der Waals surface area contributed by atoms with Crippen LogP contribution in [0.15, 0.2) is 42.5 Å². The molecule has 5 rings (SSSR count). The molecular formula is C23H30N6O2+2. The highest BCUT2D eigenvalue weighted by molar-refractivity contribution is 5.44. The Morgan fingerprint density at radius 1 is 1.00 bits per heavy atom.